The van der Waals surface area contributed by atoms with Crippen LogP contribution >= 0.6 is 0 Å². The van der Waals surface area contributed by atoms with Crippen molar-refractivity contribution in [2.45, 2.75) is 39.8 Å². The van der Waals surface area contributed by atoms with Crippen LogP contribution in [0.15, 0.2) is 36.7 Å². The van der Waals surface area contributed by atoms with E-state index in [1.165, 1.54) is 17.0 Å². The standard InChI is InChI=1S/C16H23N3/c1-3-7-16-18-10-11-19(16)13-15-9-6-5-8-14(15)12-17-4-2/h5-6,8-11,17H,3-4,7,12-13H2,1-2H3. The Morgan fingerprint density at radius 2 is 1.95 bits per heavy atom. The number of nitrogens with one attached hydrogen (secondary N) is 1. The lowest BCUT2D eigenvalue weighted by Gasteiger charge is -2.12. The molecule has 1 aromatic heterocycles. The molecule has 102 valence electrons. The van der Waals surface area contributed by atoms with Crippen molar-refractivity contribution in [1.29, 1.82) is 0 Å². The molecule has 0 saturated heterocycles. The maximum Gasteiger partial charge on any atom is 0.108 e. The lowest BCUT2D eigenvalue weighted by molar-refractivity contribution is 0.682. The fourth-order valence-corrected chi connectivity index (χ4v) is 2.26. The third kappa shape index (κ3) is 3.67. The van der Waals surface area contributed by atoms with Crippen molar-refractivity contribution in [1.82, 2.24) is 14.9 Å². The van der Waals surface area contributed by atoms with Crippen LogP contribution in [0.3, 0.4) is 0 Å². The molecule has 0 aliphatic carbocycles. The second-order valence-corrected chi connectivity index (χ2v) is 4.77. The summed E-state index contributed by atoms with van der Waals surface area (Å²) in [6.07, 6.45) is 6.16. The first kappa shape index (κ1) is 13.8. The number of hydrogen-bond acceptors (Lipinski definition) is 2. The molecule has 19 heavy (non-hydrogen) atoms. The number of aryl methyl sites for hydroxylation is 1. The molecule has 1 N–H and O–H groups in total. The molecule has 3 nitrogen and oxygen atoms in total. The Bertz CT molecular complexity index is 502. The van der Waals surface area contributed by atoms with Crippen LogP contribution < -0.4 is 5.32 Å². The van der Waals surface area contributed by atoms with Gasteiger partial charge in [-0.25, -0.2) is 4.98 Å². The zero-order valence-electron chi connectivity index (χ0n) is 11.9. The predicted molar refractivity (Wildman–Crippen MR) is 79.1 cm³/mol. The van der Waals surface area contributed by atoms with E-state index in [4.69, 9.17) is 0 Å². The summed E-state index contributed by atoms with van der Waals surface area (Å²) < 4.78 is 2.26. The monoisotopic (exact) mass is 257 g/mol. The van der Waals surface area contributed by atoms with Gasteiger partial charge in [0.15, 0.2) is 0 Å². The quantitative estimate of drug-likeness (QED) is 0.826. The van der Waals surface area contributed by atoms with Gasteiger partial charge >= 0.3 is 0 Å². The fourth-order valence-electron chi connectivity index (χ4n) is 2.26. The van der Waals surface area contributed by atoms with Crippen LogP contribution in [0.25, 0.3) is 0 Å². The Morgan fingerprint density at radius 3 is 2.68 bits per heavy atom. The van der Waals surface area contributed by atoms with E-state index >= 15 is 0 Å². The molecule has 2 aromatic rings. The van der Waals surface area contributed by atoms with Gasteiger partial charge in [-0.3, -0.25) is 0 Å². The molecule has 0 bridgehead atoms. The molecule has 0 spiro atoms. The summed E-state index contributed by atoms with van der Waals surface area (Å²) in [6.45, 7) is 7.18. The first-order valence-corrected chi connectivity index (χ1v) is 7.12. The van der Waals surface area contributed by atoms with Gasteiger partial charge in [0, 0.05) is 31.9 Å². The molecule has 0 unspecified atom stereocenters. The van der Waals surface area contributed by atoms with Crippen LogP contribution in [0.1, 0.15) is 37.2 Å². The van der Waals surface area contributed by atoms with E-state index < -0.39 is 0 Å². The van der Waals surface area contributed by atoms with Crippen LogP contribution in [-0.4, -0.2) is 16.1 Å². The van der Waals surface area contributed by atoms with Crippen molar-refractivity contribution in [3.8, 4) is 0 Å². The topological polar surface area (TPSA) is 29.9 Å². The van der Waals surface area contributed by atoms with Crippen LogP contribution in [0.2, 0.25) is 0 Å². The second kappa shape index (κ2) is 7.10. The van der Waals surface area contributed by atoms with Crippen LogP contribution in [-0.2, 0) is 19.5 Å². The van der Waals surface area contributed by atoms with Crippen LogP contribution in [0.5, 0.6) is 0 Å². The maximum absolute atomic E-state index is 4.44. The minimum Gasteiger partial charge on any atom is -0.331 e. The van der Waals surface area contributed by atoms with Gasteiger partial charge in [-0.05, 0) is 24.1 Å². The van der Waals surface area contributed by atoms with E-state index in [0.29, 0.717) is 0 Å². The number of imidazole rings is 1. The summed E-state index contributed by atoms with van der Waals surface area (Å²) in [5, 5.41) is 3.40. The van der Waals surface area contributed by atoms with E-state index in [1.807, 2.05) is 6.20 Å². The van der Waals surface area contributed by atoms with Crippen LogP contribution in [0.4, 0.5) is 0 Å². The zero-order valence-corrected chi connectivity index (χ0v) is 11.9. The molecule has 0 atom stereocenters. The third-order valence-electron chi connectivity index (χ3n) is 3.30. The number of benzene rings is 1. The molecule has 0 aliphatic rings. The van der Waals surface area contributed by atoms with Crippen molar-refractivity contribution >= 4 is 0 Å². The number of hydrogen-bond donors (Lipinski definition) is 1. The summed E-state index contributed by atoms with van der Waals surface area (Å²) in [7, 11) is 0. The third-order valence-corrected chi connectivity index (χ3v) is 3.30. The molecule has 0 aliphatic heterocycles. The van der Waals surface area contributed by atoms with Gasteiger partial charge in [0.1, 0.15) is 5.82 Å². The van der Waals surface area contributed by atoms with Gasteiger partial charge < -0.3 is 9.88 Å². The Morgan fingerprint density at radius 1 is 1.16 bits per heavy atom. The van der Waals surface area contributed by atoms with Crippen molar-refractivity contribution < 1.29 is 0 Å². The van der Waals surface area contributed by atoms with Gasteiger partial charge in [0.25, 0.3) is 0 Å². The van der Waals surface area contributed by atoms with E-state index in [9.17, 15) is 0 Å². The molecule has 0 saturated carbocycles. The zero-order chi connectivity index (χ0) is 13.5. The molecule has 3 heteroatoms. The Balaban J connectivity index is 2.15. The lowest BCUT2D eigenvalue weighted by atomic mass is 10.1. The molecule has 0 amide bonds. The highest BCUT2D eigenvalue weighted by Crippen LogP contribution is 2.12. The first-order chi connectivity index (χ1) is 9.35. The Labute approximate surface area is 115 Å². The first-order valence-electron chi connectivity index (χ1n) is 7.12. The molecular weight excluding hydrogens is 234 g/mol. The minimum atomic E-state index is 0.914. The lowest BCUT2D eigenvalue weighted by Crippen LogP contribution is -2.14. The number of aromatic nitrogens is 2. The van der Waals surface area contributed by atoms with Crippen molar-refractivity contribution in [3.63, 3.8) is 0 Å². The average molecular weight is 257 g/mol. The van der Waals surface area contributed by atoms with E-state index in [2.05, 4.69) is 59.2 Å². The number of nitrogens with zero attached hydrogens (tertiary/aromatic N) is 2. The fraction of sp³-hybridized carbons (Fsp3) is 0.438. The molecule has 0 fully saturated rings. The largest absolute Gasteiger partial charge is 0.331 e. The molecule has 2 rings (SSSR count). The van der Waals surface area contributed by atoms with Gasteiger partial charge in [0.05, 0.1) is 0 Å². The van der Waals surface area contributed by atoms with Gasteiger partial charge in [-0.15, -0.1) is 0 Å². The highest BCUT2D eigenvalue weighted by Gasteiger charge is 2.05. The summed E-state index contributed by atoms with van der Waals surface area (Å²) in [5.74, 6) is 1.18. The van der Waals surface area contributed by atoms with Gasteiger partial charge in [-0.1, -0.05) is 38.1 Å². The summed E-state index contributed by atoms with van der Waals surface area (Å²) in [5.41, 5.74) is 2.75. The summed E-state index contributed by atoms with van der Waals surface area (Å²) >= 11 is 0. The van der Waals surface area contributed by atoms with Crippen molar-refractivity contribution in [2.24, 2.45) is 0 Å². The van der Waals surface area contributed by atoms with E-state index in [-0.39, 0.29) is 0 Å². The number of rotatable bonds is 7. The average Bonchev–Trinajstić information content (AvgIpc) is 2.86. The van der Waals surface area contributed by atoms with E-state index in [1.54, 1.807) is 0 Å². The highest BCUT2D eigenvalue weighted by atomic mass is 15.1. The Kier molecular flexibility index (Phi) is 5.16. The molecule has 1 heterocycles. The molecule has 1 aromatic carbocycles. The predicted octanol–water partition coefficient (Wildman–Crippen LogP) is 2.99. The molecule has 0 radical (unpaired) electrons. The summed E-state index contributed by atoms with van der Waals surface area (Å²) in [4.78, 5) is 4.44. The smallest absolute Gasteiger partial charge is 0.108 e. The SMILES string of the molecule is CCCc1nccn1Cc1ccccc1CNCC. The minimum absolute atomic E-state index is 0.914. The van der Waals surface area contributed by atoms with Crippen LogP contribution in [0, 0.1) is 0 Å². The van der Waals surface area contributed by atoms with Crippen molar-refractivity contribution in [2.75, 3.05) is 6.54 Å². The van der Waals surface area contributed by atoms with Crippen molar-refractivity contribution in [3.05, 3.63) is 53.6 Å². The van der Waals surface area contributed by atoms with Gasteiger partial charge in [0.2, 0.25) is 0 Å². The van der Waals surface area contributed by atoms with Gasteiger partial charge in [-0.2, -0.15) is 0 Å². The second-order valence-electron chi connectivity index (χ2n) is 4.77. The normalized spacial score (nSPS) is 10.8. The van der Waals surface area contributed by atoms with E-state index in [0.717, 1.165) is 32.5 Å². The maximum atomic E-state index is 4.44. The summed E-state index contributed by atoms with van der Waals surface area (Å²) in [6, 6.07) is 8.63. The Hall–Kier alpha value is -1.61. The highest BCUT2D eigenvalue weighted by molar-refractivity contribution is 5.27. The molecular formula is C16H23N3.